The van der Waals surface area contributed by atoms with E-state index in [0.29, 0.717) is 0 Å². The number of halogens is 7. The number of imidazole rings is 1. The highest BCUT2D eigenvalue weighted by Crippen LogP contribution is 2.31. The normalized spacial score (nSPS) is 12.0. The van der Waals surface area contributed by atoms with Crippen LogP contribution in [0.3, 0.4) is 0 Å². The molecule has 10 heteroatoms. The summed E-state index contributed by atoms with van der Waals surface area (Å²) in [5.74, 6) is -0.775. The summed E-state index contributed by atoms with van der Waals surface area (Å²) in [5.41, 5.74) is -1.38. The van der Waals surface area contributed by atoms with Crippen LogP contribution in [0.25, 0.3) is 11.4 Å². The Labute approximate surface area is 154 Å². The minimum atomic E-state index is -4.53. The summed E-state index contributed by atoms with van der Waals surface area (Å²) in [5, 5.41) is 0.0677. The van der Waals surface area contributed by atoms with Gasteiger partial charge in [0.25, 0.3) is 6.43 Å². The molecule has 142 valence electrons. The molecule has 1 aromatic carbocycles. The highest BCUT2D eigenvalue weighted by molar-refractivity contribution is 6.30. The van der Waals surface area contributed by atoms with E-state index >= 15 is 0 Å². The Morgan fingerprint density at radius 1 is 1.11 bits per heavy atom. The van der Waals surface area contributed by atoms with Gasteiger partial charge in [-0.15, -0.1) is 0 Å². The average Bonchev–Trinajstić information content (AvgIpc) is 3.01. The Balaban J connectivity index is 2.02. The van der Waals surface area contributed by atoms with Gasteiger partial charge in [0.2, 0.25) is 0 Å². The Morgan fingerprint density at radius 3 is 2.33 bits per heavy atom. The van der Waals surface area contributed by atoms with E-state index in [2.05, 4.69) is 9.97 Å². The van der Waals surface area contributed by atoms with Crippen molar-refractivity contribution in [3.8, 4) is 11.4 Å². The van der Waals surface area contributed by atoms with Gasteiger partial charge >= 0.3 is 6.18 Å². The highest BCUT2D eigenvalue weighted by Gasteiger charge is 2.30. The number of hydrogen-bond acceptors (Lipinski definition) is 2. The number of benzene rings is 1. The van der Waals surface area contributed by atoms with Crippen LogP contribution in [0.15, 0.2) is 42.7 Å². The number of nitrogens with zero attached hydrogens (tertiary/aromatic N) is 3. The molecule has 2 aromatic heterocycles. The van der Waals surface area contributed by atoms with Crippen molar-refractivity contribution < 1.29 is 26.3 Å². The van der Waals surface area contributed by atoms with Crippen molar-refractivity contribution in [1.29, 1.82) is 0 Å². The topological polar surface area (TPSA) is 30.7 Å². The molecule has 3 aromatic rings. The van der Waals surface area contributed by atoms with E-state index in [1.807, 2.05) is 0 Å². The van der Waals surface area contributed by atoms with Crippen LogP contribution in [0, 0.1) is 5.82 Å². The zero-order valence-corrected chi connectivity index (χ0v) is 14.1. The molecule has 3 rings (SSSR count). The van der Waals surface area contributed by atoms with Gasteiger partial charge in [-0.05, 0) is 18.2 Å². The molecule has 2 heterocycles. The van der Waals surface area contributed by atoms with Crippen molar-refractivity contribution in [1.82, 2.24) is 14.5 Å². The van der Waals surface area contributed by atoms with E-state index in [1.54, 1.807) is 0 Å². The number of aromatic nitrogens is 3. The zero-order chi connectivity index (χ0) is 19.8. The fraction of sp³-hybridized carbons (Fsp3) is 0.176. The van der Waals surface area contributed by atoms with Crippen LogP contribution >= 0.6 is 11.6 Å². The van der Waals surface area contributed by atoms with E-state index in [9.17, 15) is 26.3 Å². The summed E-state index contributed by atoms with van der Waals surface area (Å²) in [4.78, 5) is 7.59. The molecule has 0 N–H and O–H groups in total. The summed E-state index contributed by atoms with van der Waals surface area (Å²) in [6.45, 7) is -0.251. The first-order valence-corrected chi connectivity index (χ1v) is 7.85. The average molecular weight is 406 g/mol. The molecule has 0 aliphatic carbocycles. The molecule has 0 radical (unpaired) electrons. The summed E-state index contributed by atoms with van der Waals surface area (Å²) < 4.78 is 79.3. The van der Waals surface area contributed by atoms with Gasteiger partial charge in [-0.25, -0.2) is 18.2 Å². The standard InChI is InChI=1S/C17H10ClF6N3/c18-11-5-12(19)13(25-6-11)7-27-8-14(15(20)21)26-16(27)9-1-3-10(4-2-9)17(22,23)24/h1-6,8,15H,7H2. The van der Waals surface area contributed by atoms with Crippen LogP contribution in [0.4, 0.5) is 26.3 Å². The van der Waals surface area contributed by atoms with E-state index in [1.165, 1.54) is 10.8 Å². The summed E-state index contributed by atoms with van der Waals surface area (Å²) in [6.07, 6.45) is -5.23. The molecule has 0 amide bonds. The lowest BCUT2D eigenvalue weighted by Crippen LogP contribution is -2.06. The van der Waals surface area contributed by atoms with Crippen LogP contribution in [0.2, 0.25) is 5.02 Å². The van der Waals surface area contributed by atoms with Gasteiger partial charge in [-0.3, -0.25) is 4.98 Å². The van der Waals surface area contributed by atoms with E-state index in [4.69, 9.17) is 11.6 Å². The van der Waals surface area contributed by atoms with Crippen LogP contribution in [-0.2, 0) is 12.7 Å². The van der Waals surface area contributed by atoms with E-state index < -0.39 is 29.7 Å². The number of pyridine rings is 1. The molecule has 0 atom stereocenters. The second-order valence-corrected chi connectivity index (χ2v) is 6.01. The maximum Gasteiger partial charge on any atom is 0.416 e. The molecule has 0 saturated carbocycles. The second-order valence-electron chi connectivity index (χ2n) is 5.58. The van der Waals surface area contributed by atoms with Crippen molar-refractivity contribution in [2.75, 3.05) is 0 Å². The lowest BCUT2D eigenvalue weighted by Gasteiger charge is -2.10. The van der Waals surface area contributed by atoms with Gasteiger partial charge in [-0.2, -0.15) is 13.2 Å². The summed E-state index contributed by atoms with van der Waals surface area (Å²) >= 11 is 5.63. The Morgan fingerprint density at radius 2 is 1.78 bits per heavy atom. The minimum Gasteiger partial charge on any atom is -0.324 e. The first-order chi connectivity index (χ1) is 12.6. The van der Waals surface area contributed by atoms with Crippen LogP contribution in [-0.4, -0.2) is 14.5 Å². The van der Waals surface area contributed by atoms with Gasteiger partial charge in [0.15, 0.2) is 0 Å². The molecule has 0 bridgehead atoms. The second kappa shape index (κ2) is 7.22. The van der Waals surface area contributed by atoms with Crippen molar-refractivity contribution >= 4 is 11.6 Å². The van der Waals surface area contributed by atoms with Crippen molar-refractivity contribution in [2.45, 2.75) is 19.1 Å². The van der Waals surface area contributed by atoms with Crippen molar-refractivity contribution in [3.05, 3.63) is 70.5 Å². The first-order valence-electron chi connectivity index (χ1n) is 7.48. The number of rotatable bonds is 4. The summed E-state index contributed by atoms with van der Waals surface area (Å²) in [7, 11) is 0. The Bertz CT molecular complexity index is 950. The molecule has 0 unspecified atom stereocenters. The number of hydrogen-bond donors (Lipinski definition) is 0. The lowest BCUT2D eigenvalue weighted by molar-refractivity contribution is -0.137. The third-order valence-corrected chi connectivity index (χ3v) is 3.90. The fourth-order valence-corrected chi connectivity index (χ4v) is 2.57. The summed E-state index contributed by atoms with van der Waals surface area (Å²) in [6, 6.07) is 4.88. The number of alkyl halides is 5. The molecule has 27 heavy (non-hydrogen) atoms. The Kier molecular flexibility index (Phi) is 5.14. The minimum absolute atomic E-state index is 0.0322. The van der Waals surface area contributed by atoms with Crippen LogP contribution < -0.4 is 0 Å². The van der Waals surface area contributed by atoms with Gasteiger partial charge in [0, 0.05) is 18.0 Å². The SMILES string of the molecule is Fc1cc(Cl)cnc1Cn1cc(C(F)F)nc1-c1ccc(C(F)(F)F)cc1. The third kappa shape index (κ3) is 4.24. The highest BCUT2D eigenvalue weighted by atomic mass is 35.5. The maximum atomic E-state index is 14.0. The monoisotopic (exact) mass is 405 g/mol. The molecule has 0 spiro atoms. The molecule has 0 saturated heterocycles. The lowest BCUT2D eigenvalue weighted by atomic mass is 10.1. The largest absolute Gasteiger partial charge is 0.416 e. The van der Waals surface area contributed by atoms with Crippen molar-refractivity contribution in [3.63, 3.8) is 0 Å². The van der Waals surface area contributed by atoms with Crippen LogP contribution in [0.5, 0.6) is 0 Å². The molecular weight excluding hydrogens is 396 g/mol. The third-order valence-electron chi connectivity index (χ3n) is 3.69. The predicted octanol–water partition coefficient (Wildman–Crippen LogP) is 5.74. The van der Waals surface area contributed by atoms with E-state index in [0.717, 1.165) is 36.5 Å². The van der Waals surface area contributed by atoms with Crippen LogP contribution in [0.1, 0.15) is 23.4 Å². The quantitative estimate of drug-likeness (QED) is 0.518. The van der Waals surface area contributed by atoms with Gasteiger partial charge < -0.3 is 4.57 Å². The van der Waals surface area contributed by atoms with Gasteiger partial charge in [-0.1, -0.05) is 23.7 Å². The fourth-order valence-electron chi connectivity index (χ4n) is 2.42. The van der Waals surface area contributed by atoms with E-state index in [-0.39, 0.29) is 28.6 Å². The predicted molar refractivity (Wildman–Crippen MR) is 85.9 cm³/mol. The zero-order valence-electron chi connectivity index (χ0n) is 13.3. The van der Waals surface area contributed by atoms with Gasteiger partial charge in [0.05, 0.1) is 22.8 Å². The molecule has 0 fully saturated rings. The molecule has 0 aliphatic rings. The smallest absolute Gasteiger partial charge is 0.324 e. The molecular formula is C17H10ClF6N3. The molecule has 0 aliphatic heterocycles. The first kappa shape index (κ1) is 19.2. The molecule has 3 nitrogen and oxygen atoms in total. The van der Waals surface area contributed by atoms with Gasteiger partial charge in [0.1, 0.15) is 17.3 Å². The maximum absolute atomic E-state index is 14.0. The van der Waals surface area contributed by atoms with Crippen molar-refractivity contribution in [2.24, 2.45) is 0 Å². The Hall–Kier alpha value is -2.55.